The Hall–Kier alpha value is -3.20. The first-order valence-corrected chi connectivity index (χ1v) is 11.1. The highest BCUT2D eigenvalue weighted by atomic mass is 32.2. The van der Waals surface area contributed by atoms with Crippen molar-refractivity contribution < 1.29 is 14.3 Å². The molecule has 2 atom stereocenters. The SMILES string of the molecule is CCOc1ccc([C@@H]2Nn3c(CC)nnc3S[C@H]2C(=O)Nc2cccc(OC)c2)cc1. The van der Waals surface area contributed by atoms with Gasteiger partial charge in [-0.3, -0.25) is 4.79 Å². The zero-order valence-corrected chi connectivity index (χ0v) is 18.5. The molecule has 1 aromatic heterocycles. The molecule has 3 aromatic rings. The summed E-state index contributed by atoms with van der Waals surface area (Å²) in [6.07, 6.45) is 0.733. The number of fused-ring (bicyclic) bond motifs is 1. The van der Waals surface area contributed by atoms with Gasteiger partial charge in [-0.05, 0) is 36.8 Å². The Bertz CT molecular complexity index is 1050. The van der Waals surface area contributed by atoms with Crippen molar-refractivity contribution in [2.45, 2.75) is 36.7 Å². The van der Waals surface area contributed by atoms with Gasteiger partial charge in [-0.2, -0.15) is 0 Å². The Morgan fingerprint density at radius 1 is 1.16 bits per heavy atom. The maximum atomic E-state index is 13.3. The van der Waals surface area contributed by atoms with Crippen molar-refractivity contribution in [3.63, 3.8) is 0 Å². The smallest absolute Gasteiger partial charge is 0.240 e. The summed E-state index contributed by atoms with van der Waals surface area (Å²) < 4.78 is 12.7. The number of carbonyl (C=O) groups excluding carboxylic acids is 1. The van der Waals surface area contributed by atoms with E-state index in [1.54, 1.807) is 13.2 Å². The van der Waals surface area contributed by atoms with E-state index in [-0.39, 0.29) is 11.9 Å². The summed E-state index contributed by atoms with van der Waals surface area (Å²) in [5, 5.41) is 11.7. The summed E-state index contributed by atoms with van der Waals surface area (Å²) in [6.45, 7) is 4.58. The van der Waals surface area contributed by atoms with Crippen LogP contribution >= 0.6 is 11.8 Å². The summed E-state index contributed by atoms with van der Waals surface area (Å²) in [4.78, 5) is 13.3. The van der Waals surface area contributed by atoms with Crippen molar-refractivity contribution in [3.05, 3.63) is 59.9 Å². The predicted octanol–water partition coefficient (Wildman–Crippen LogP) is 3.65. The van der Waals surface area contributed by atoms with Crippen molar-refractivity contribution in [1.82, 2.24) is 14.9 Å². The molecule has 2 N–H and O–H groups in total. The number of anilines is 1. The molecule has 8 nitrogen and oxygen atoms in total. The number of amides is 1. The van der Waals surface area contributed by atoms with Gasteiger partial charge in [-0.15, -0.1) is 10.2 Å². The van der Waals surface area contributed by atoms with Crippen LogP contribution in [-0.2, 0) is 11.2 Å². The fourth-order valence-electron chi connectivity index (χ4n) is 3.43. The Labute approximate surface area is 185 Å². The molecule has 162 valence electrons. The van der Waals surface area contributed by atoms with E-state index in [0.29, 0.717) is 23.2 Å². The number of aromatic nitrogens is 3. The summed E-state index contributed by atoms with van der Waals surface area (Å²) >= 11 is 1.40. The summed E-state index contributed by atoms with van der Waals surface area (Å²) in [6, 6.07) is 14.8. The number of nitrogens with zero attached hydrogens (tertiary/aromatic N) is 3. The van der Waals surface area contributed by atoms with Crippen LogP contribution in [-0.4, -0.2) is 39.7 Å². The Kier molecular flexibility index (Phi) is 6.31. The number of carbonyl (C=O) groups is 1. The van der Waals surface area contributed by atoms with Crippen molar-refractivity contribution in [1.29, 1.82) is 0 Å². The third-order valence-corrected chi connectivity index (χ3v) is 6.18. The van der Waals surface area contributed by atoms with Crippen LogP contribution in [0.4, 0.5) is 5.69 Å². The molecule has 1 aliphatic rings. The third kappa shape index (κ3) is 4.46. The quantitative estimate of drug-likeness (QED) is 0.581. The second-order valence-corrected chi connectivity index (χ2v) is 8.06. The van der Waals surface area contributed by atoms with E-state index >= 15 is 0 Å². The molecule has 0 aliphatic carbocycles. The molecular formula is C22H25N5O3S. The Balaban J connectivity index is 1.64. The first-order valence-electron chi connectivity index (χ1n) is 10.2. The molecule has 2 heterocycles. The molecule has 31 heavy (non-hydrogen) atoms. The number of hydrogen-bond donors (Lipinski definition) is 2. The second-order valence-electron chi connectivity index (χ2n) is 6.96. The number of aryl methyl sites for hydroxylation is 1. The van der Waals surface area contributed by atoms with Crippen LogP contribution in [0.3, 0.4) is 0 Å². The topological polar surface area (TPSA) is 90.3 Å². The third-order valence-electron chi connectivity index (χ3n) is 4.97. The van der Waals surface area contributed by atoms with Gasteiger partial charge < -0.3 is 20.2 Å². The summed E-state index contributed by atoms with van der Waals surface area (Å²) in [5.41, 5.74) is 5.10. The molecule has 0 saturated heterocycles. The van der Waals surface area contributed by atoms with Gasteiger partial charge in [-0.1, -0.05) is 36.9 Å². The van der Waals surface area contributed by atoms with E-state index in [4.69, 9.17) is 9.47 Å². The zero-order chi connectivity index (χ0) is 21.8. The van der Waals surface area contributed by atoms with E-state index in [1.165, 1.54) is 11.8 Å². The van der Waals surface area contributed by atoms with Gasteiger partial charge in [-0.25, -0.2) is 4.68 Å². The average Bonchev–Trinajstić information content (AvgIpc) is 3.21. The maximum Gasteiger partial charge on any atom is 0.240 e. The van der Waals surface area contributed by atoms with Crippen molar-refractivity contribution in [3.8, 4) is 11.5 Å². The Morgan fingerprint density at radius 2 is 1.97 bits per heavy atom. The fraction of sp³-hybridized carbons (Fsp3) is 0.318. The minimum atomic E-state index is -0.453. The van der Waals surface area contributed by atoms with Gasteiger partial charge >= 0.3 is 0 Å². The highest BCUT2D eigenvalue weighted by Gasteiger charge is 2.37. The maximum absolute atomic E-state index is 13.3. The van der Waals surface area contributed by atoms with Crippen LogP contribution < -0.4 is 20.2 Å². The largest absolute Gasteiger partial charge is 0.497 e. The van der Waals surface area contributed by atoms with Crippen molar-refractivity contribution >= 4 is 23.4 Å². The molecule has 0 saturated carbocycles. The zero-order valence-electron chi connectivity index (χ0n) is 17.7. The highest BCUT2D eigenvalue weighted by Crippen LogP contribution is 2.38. The van der Waals surface area contributed by atoms with Crippen molar-refractivity contribution in [2.75, 3.05) is 24.5 Å². The van der Waals surface area contributed by atoms with E-state index < -0.39 is 5.25 Å². The minimum absolute atomic E-state index is 0.128. The van der Waals surface area contributed by atoms with Gasteiger partial charge in [0, 0.05) is 18.2 Å². The highest BCUT2D eigenvalue weighted by molar-refractivity contribution is 8.00. The van der Waals surface area contributed by atoms with Gasteiger partial charge in [0.1, 0.15) is 16.7 Å². The van der Waals surface area contributed by atoms with E-state index in [0.717, 1.165) is 23.6 Å². The number of ether oxygens (including phenoxy) is 2. The number of rotatable bonds is 7. The van der Waals surface area contributed by atoms with Crippen LogP contribution in [0.5, 0.6) is 11.5 Å². The van der Waals surface area contributed by atoms with Gasteiger partial charge in [0.15, 0.2) is 5.82 Å². The van der Waals surface area contributed by atoms with E-state index in [2.05, 4.69) is 20.9 Å². The molecule has 0 fully saturated rings. The van der Waals surface area contributed by atoms with Crippen LogP contribution in [0.15, 0.2) is 53.7 Å². The molecule has 0 spiro atoms. The van der Waals surface area contributed by atoms with Crippen molar-refractivity contribution in [2.24, 2.45) is 0 Å². The van der Waals surface area contributed by atoms with Crippen LogP contribution in [0.2, 0.25) is 0 Å². The summed E-state index contributed by atoms with van der Waals surface area (Å²) in [7, 11) is 1.60. The fourth-order valence-corrected chi connectivity index (χ4v) is 4.53. The monoisotopic (exact) mass is 439 g/mol. The standard InChI is InChI=1S/C22H25N5O3S/c1-4-18-24-25-22-27(18)26-19(14-9-11-16(12-10-14)30-5-2)20(31-22)21(28)23-15-7-6-8-17(13-15)29-3/h6-13,19-20,26H,4-5H2,1-3H3,(H,23,28)/t19-,20+/m0/s1. The lowest BCUT2D eigenvalue weighted by molar-refractivity contribution is -0.116. The lowest BCUT2D eigenvalue weighted by Crippen LogP contribution is -2.41. The number of benzene rings is 2. The molecular weight excluding hydrogens is 414 g/mol. The normalized spacial score (nSPS) is 17.4. The van der Waals surface area contributed by atoms with Gasteiger partial charge in [0.25, 0.3) is 0 Å². The molecule has 1 amide bonds. The predicted molar refractivity (Wildman–Crippen MR) is 120 cm³/mol. The lowest BCUT2D eigenvalue weighted by Gasteiger charge is -2.33. The van der Waals surface area contributed by atoms with Gasteiger partial charge in [0.2, 0.25) is 11.1 Å². The molecule has 2 aromatic carbocycles. The molecule has 0 unspecified atom stereocenters. The number of methoxy groups -OCH3 is 1. The first-order chi connectivity index (χ1) is 15.1. The molecule has 9 heteroatoms. The molecule has 0 radical (unpaired) electrons. The lowest BCUT2D eigenvalue weighted by atomic mass is 10.0. The number of nitrogens with one attached hydrogen (secondary N) is 2. The first kappa shape index (κ1) is 21.0. The van der Waals surface area contributed by atoms with Crippen LogP contribution in [0.25, 0.3) is 0 Å². The van der Waals surface area contributed by atoms with Crippen LogP contribution in [0, 0.1) is 0 Å². The Morgan fingerprint density at radius 3 is 2.68 bits per heavy atom. The second kappa shape index (κ2) is 9.30. The molecule has 0 bridgehead atoms. The number of hydrogen-bond acceptors (Lipinski definition) is 7. The molecule has 4 rings (SSSR count). The number of thioether (sulfide) groups is 1. The minimum Gasteiger partial charge on any atom is -0.497 e. The van der Waals surface area contributed by atoms with Gasteiger partial charge in [0.05, 0.1) is 19.8 Å². The van der Waals surface area contributed by atoms with E-state index in [9.17, 15) is 4.79 Å². The van der Waals surface area contributed by atoms with E-state index in [1.807, 2.05) is 61.0 Å². The summed E-state index contributed by atoms with van der Waals surface area (Å²) in [5.74, 6) is 2.18. The average molecular weight is 440 g/mol. The van der Waals surface area contributed by atoms with Crippen LogP contribution in [0.1, 0.15) is 31.3 Å². The molecule has 1 aliphatic heterocycles.